The van der Waals surface area contributed by atoms with Gasteiger partial charge < -0.3 is 10.2 Å². The van der Waals surface area contributed by atoms with Crippen molar-refractivity contribution >= 4 is 0 Å². The quantitative estimate of drug-likeness (QED) is 0.262. The summed E-state index contributed by atoms with van der Waals surface area (Å²) >= 11 is 0. The Kier molecular flexibility index (Phi) is 13.4. The Labute approximate surface area is 112 Å². The van der Waals surface area contributed by atoms with Gasteiger partial charge in [0.25, 0.3) is 0 Å². The highest BCUT2D eigenvalue weighted by Gasteiger charge is 1.92. The molecule has 0 fully saturated rings. The van der Waals surface area contributed by atoms with E-state index < -0.39 is 0 Å². The van der Waals surface area contributed by atoms with Gasteiger partial charge >= 0.3 is 0 Å². The fourth-order valence-electron chi connectivity index (χ4n) is 2.00. The van der Waals surface area contributed by atoms with Crippen molar-refractivity contribution < 1.29 is 10.2 Å². The first kappa shape index (κ1) is 17.1. The highest BCUT2D eigenvalue weighted by molar-refractivity contribution is 5.06. The Hall–Kier alpha value is -0.920. The van der Waals surface area contributed by atoms with Crippen LogP contribution in [0.5, 0.6) is 0 Å². The molecule has 0 saturated carbocycles. The lowest BCUT2D eigenvalue weighted by molar-refractivity contribution is 0.377. The van der Waals surface area contributed by atoms with Crippen LogP contribution in [0.15, 0.2) is 24.2 Å². The Morgan fingerprint density at radius 1 is 0.833 bits per heavy atom. The molecular weight excluding hydrogens is 224 g/mol. The van der Waals surface area contributed by atoms with Crippen LogP contribution in [0.25, 0.3) is 0 Å². The van der Waals surface area contributed by atoms with Gasteiger partial charge in [-0.1, -0.05) is 70.8 Å². The van der Waals surface area contributed by atoms with E-state index in [0.717, 1.165) is 12.7 Å². The lowest BCUT2D eigenvalue weighted by Crippen LogP contribution is -1.81. The van der Waals surface area contributed by atoms with Crippen molar-refractivity contribution in [1.29, 1.82) is 0 Å². The normalized spacial score (nSPS) is 12.4. The van der Waals surface area contributed by atoms with Gasteiger partial charge in [0.15, 0.2) is 0 Å². The fraction of sp³-hybridized carbons (Fsp3) is 0.750. The summed E-state index contributed by atoms with van der Waals surface area (Å²) in [6, 6.07) is 0. The molecule has 0 atom stereocenters. The molecule has 106 valence electrons. The largest absolute Gasteiger partial charge is 0.512 e. The summed E-state index contributed by atoms with van der Waals surface area (Å²) in [5, 5.41) is 17.4. The van der Waals surface area contributed by atoms with E-state index in [1.165, 1.54) is 64.2 Å². The first-order valence-corrected chi connectivity index (χ1v) is 7.51. The van der Waals surface area contributed by atoms with Crippen molar-refractivity contribution in [2.45, 2.75) is 77.6 Å². The standard InChI is InChI=1S/C16H30O2/c1-2-3-4-5-6-7-8-9-10-11-12-13-14-16(18)15-17/h13-15,17-18H,2-12H2,1H3. The maximum atomic E-state index is 8.94. The van der Waals surface area contributed by atoms with Gasteiger partial charge in [-0.3, -0.25) is 0 Å². The van der Waals surface area contributed by atoms with Crippen molar-refractivity contribution in [2.24, 2.45) is 0 Å². The number of allylic oxidation sites excluding steroid dienone is 2. The number of unbranched alkanes of at least 4 members (excludes halogenated alkanes) is 10. The summed E-state index contributed by atoms with van der Waals surface area (Å²) < 4.78 is 0. The second-order valence-electron chi connectivity index (χ2n) is 4.93. The predicted octanol–water partition coefficient (Wildman–Crippen LogP) is 5.81. The van der Waals surface area contributed by atoms with E-state index in [4.69, 9.17) is 10.2 Å². The lowest BCUT2D eigenvalue weighted by atomic mass is 10.1. The van der Waals surface area contributed by atoms with Crippen LogP contribution in [-0.4, -0.2) is 10.2 Å². The first-order chi connectivity index (χ1) is 8.81. The number of aliphatic hydroxyl groups excluding tert-OH is 2. The van der Waals surface area contributed by atoms with E-state index in [-0.39, 0.29) is 5.76 Å². The highest BCUT2D eigenvalue weighted by atomic mass is 16.3. The van der Waals surface area contributed by atoms with Gasteiger partial charge in [-0.15, -0.1) is 0 Å². The molecule has 0 aliphatic heterocycles. The third-order valence-electron chi connectivity index (χ3n) is 3.15. The second kappa shape index (κ2) is 14.1. The number of hydrogen-bond donors (Lipinski definition) is 2. The van der Waals surface area contributed by atoms with Crippen LogP contribution in [0, 0.1) is 0 Å². The third-order valence-corrected chi connectivity index (χ3v) is 3.15. The van der Waals surface area contributed by atoms with Crippen molar-refractivity contribution in [3.63, 3.8) is 0 Å². The van der Waals surface area contributed by atoms with Crippen LogP contribution < -0.4 is 0 Å². The average Bonchev–Trinajstić information content (AvgIpc) is 2.39. The minimum absolute atomic E-state index is 0.0675. The van der Waals surface area contributed by atoms with Gasteiger partial charge in [0.2, 0.25) is 0 Å². The van der Waals surface area contributed by atoms with Crippen LogP contribution in [0.2, 0.25) is 0 Å². The van der Waals surface area contributed by atoms with E-state index in [1.54, 1.807) is 6.08 Å². The molecule has 0 saturated heterocycles. The Balaban J connectivity index is 3.10. The molecule has 0 spiro atoms. The zero-order valence-electron chi connectivity index (χ0n) is 11.9. The Bertz CT molecular complexity index is 219. The van der Waals surface area contributed by atoms with Gasteiger partial charge in [-0.2, -0.15) is 0 Å². The SMILES string of the molecule is CCCCCCCCCCCCC=CC(O)=CO. The monoisotopic (exact) mass is 254 g/mol. The van der Waals surface area contributed by atoms with Crippen LogP contribution >= 0.6 is 0 Å². The van der Waals surface area contributed by atoms with Gasteiger partial charge in [-0.25, -0.2) is 0 Å². The van der Waals surface area contributed by atoms with E-state index in [9.17, 15) is 0 Å². The highest BCUT2D eigenvalue weighted by Crippen LogP contribution is 2.11. The summed E-state index contributed by atoms with van der Waals surface area (Å²) in [6.45, 7) is 2.25. The van der Waals surface area contributed by atoms with Crippen LogP contribution in [-0.2, 0) is 0 Å². The van der Waals surface area contributed by atoms with Crippen molar-refractivity contribution in [1.82, 2.24) is 0 Å². The number of rotatable bonds is 12. The minimum Gasteiger partial charge on any atom is -0.512 e. The molecule has 0 aliphatic rings. The molecule has 0 aromatic carbocycles. The predicted molar refractivity (Wildman–Crippen MR) is 78.9 cm³/mol. The van der Waals surface area contributed by atoms with Crippen LogP contribution in [0.1, 0.15) is 77.6 Å². The molecular formula is C16H30O2. The molecule has 0 aliphatic carbocycles. The second-order valence-corrected chi connectivity index (χ2v) is 4.93. The molecule has 0 bridgehead atoms. The zero-order chi connectivity index (χ0) is 13.5. The summed E-state index contributed by atoms with van der Waals surface area (Å²) in [6.07, 6.45) is 18.6. The average molecular weight is 254 g/mol. The summed E-state index contributed by atoms with van der Waals surface area (Å²) in [4.78, 5) is 0. The van der Waals surface area contributed by atoms with Gasteiger partial charge in [0.1, 0.15) is 12.0 Å². The molecule has 0 unspecified atom stereocenters. The van der Waals surface area contributed by atoms with Crippen molar-refractivity contribution in [3.05, 3.63) is 24.2 Å². The summed E-state index contributed by atoms with van der Waals surface area (Å²) in [7, 11) is 0. The molecule has 0 aromatic rings. The van der Waals surface area contributed by atoms with Crippen LogP contribution in [0.3, 0.4) is 0 Å². The minimum atomic E-state index is -0.0675. The molecule has 2 nitrogen and oxygen atoms in total. The maximum Gasteiger partial charge on any atom is 0.149 e. The summed E-state index contributed by atoms with van der Waals surface area (Å²) in [5.74, 6) is -0.0675. The molecule has 0 rings (SSSR count). The van der Waals surface area contributed by atoms with Gasteiger partial charge in [0.05, 0.1) is 0 Å². The maximum absolute atomic E-state index is 8.94. The lowest BCUT2D eigenvalue weighted by Gasteiger charge is -2.01. The number of aliphatic hydroxyl groups is 2. The molecule has 0 radical (unpaired) electrons. The van der Waals surface area contributed by atoms with Crippen molar-refractivity contribution in [2.75, 3.05) is 0 Å². The van der Waals surface area contributed by atoms with E-state index in [2.05, 4.69) is 6.92 Å². The number of hydrogen-bond acceptors (Lipinski definition) is 2. The smallest absolute Gasteiger partial charge is 0.149 e. The molecule has 2 N–H and O–H groups in total. The van der Waals surface area contributed by atoms with Gasteiger partial charge in [0, 0.05) is 0 Å². The van der Waals surface area contributed by atoms with Gasteiger partial charge in [-0.05, 0) is 18.9 Å². The van der Waals surface area contributed by atoms with Crippen LogP contribution in [0.4, 0.5) is 0 Å². The molecule has 0 heterocycles. The van der Waals surface area contributed by atoms with E-state index >= 15 is 0 Å². The molecule has 18 heavy (non-hydrogen) atoms. The molecule has 0 amide bonds. The fourth-order valence-corrected chi connectivity index (χ4v) is 2.00. The molecule has 2 heteroatoms. The van der Waals surface area contributed by atoms with Crippen molar-refractivity contribution in [3.8, 4) is 0 Å². The Morgan fingerprint density at radius 3 is 1.83 bits per heavy atom. The van der Waals surface area contributed by atoms with E-state index in [0.29, 0.717) is 0 Å². The third kappa shape index (κ3) is 13.1. The summed E-state index contributed by atoms with van der Waals surface area (Å²) in [5.41, 5.74) is 0. The molecule has 0 aromatic heterocycles. The van der Waals surface area contributed by atoms with E-state index in [1.807, 2.05) is 6.08 Å². The first-order valence-electron chi connectivity index (χ1n) is 7.51. The zero-order valence-corrected chi connectivity index (χ0v) is 11.9. The Morgan fingerprint density at radius 2 is 1.33 bits per heavy atom. The topological polar surface area (TPSA) is 40.5 Å².